The van der Waals surface area contributed by atoms with E-state index in [9.17, 15) is 4.79 Å². The highest BCUT2D eigenvalue weighted by atomic mass is 16.2. The molecule has 108 valence electrons. The third-order valence-electron chi connectivity index (χ3n) is 4.71. The molecule has 1 N–H and O–H groups in total. The Bertz CT molecular complexity index is 466. The van der Waals surface area contributed by atoms with Crippen LogP contribution in [0.25, 0.3) is 0 Å². The number of rotatable bonds is 3. The van der Waals surface area contributed by atoms with Crippen molar-refractivity contribution in [3.8, 4) is 0 Å². The highest BCUT2D eigenvalue weighted by Crippen LogP contribution is 2.22. The summed E-state index contributed by atoms with van der Waals surface area (Å²) in [5, 5.41) is 3.38. The van der Waals surface area contributed by atoms with Crippen molar-refractivity contribution in [1.29, 1.82) is 0 Å². The summed E-state index contributed by atoms with van der Waals surface area (Å²) in [6, 6.07) is 8.50. The van der Waals surface area contributed by atoms with Crippen molar-refractivity contribution in [1.82, 2.24) is 10.2 Å². The van der Waals surface area contributed by atoms with Gasteiger partial charge in [-0.3, -0.25) is 4.79 Å². The molecule has 1 fully saturated rings. The van der Waals surface area contributed by atoms with Gasteiger partial charge in [0.25, 0.3) is 0 Å². The van der Waals surface area contributed by atoms with Crippen LogP contribution < -0.4 is 5.32 Å². The minimum atomic E-state index is 0.345. The molecule has 0 bridgehead atoms. The molecule has 20 heavy (non-hydrogen) atoms. The summed E-state index contributed by atoms with van der Waals surface area (Å²) in [6.45, 7) is 3.94. The first-order valence-corrected chi connectivity index (χ1v) is 7.88. The van der Waals surface area contributed by atoms with Crippen LogP contribution >= 0.6 is 0 Å². The van der Waals surface area contributed by atoms with Crippen LogP contribution in [-0.2, 0) is 17.8 Å². The lowest BCUT2D eigenvalue weighted by Gasteiger charge is -2.30. The number of benzene rings is 1. The van der Waals surface area contributed by atoms with Crippen LogP contribution in [0.1, 0.15) is 36.8 Å². The van der Waals surface area contributed by atoms with Gasteiger partial charge in [-0.25, -0.2) is 0 Å². The summed E-state index contributed by atoms with van der Waals surface area (Å²) in [5.41, 5.74) is 2.74. The first-order chi connectivity index (χ1) is 9.83. The monoisotopic (exact) mass is 272 g/mol. The van der Waals surface area contributed by atoms with Crippen LogP contribution in [-0.4, -0.2) is 30.4 Å². The minimum absolute atomic E-state index is 0.345. The van der Waals surface area contributed by atoms with E-state index in [1.165, 1.54) is 24.0 Å². The Balaban J connectivity index is 1.51. The minimum Gasteiger partial charge on any atom is -0.338 e. The Morgan fingerprint density at radius 2 is 1.95 bits per heavy atom. The van der Waals surface area contributed by atoms with Gasteiger partial charge in [0, 0.05) is 19.5 Å². The van der Waals surface area contributed by atoms with Crippen LogP contribution in [0.3, 0.4) is 0 Å². The quantitative estimate of drug-likeness (QED) is 0.916. The Morgan fingerprint density at radius 1 is 1.20 bits per heavy atom. The second-order valence-corrected chi connectivity index (χ2v) is 6.07. The van der Waals surface area contributed by atoms with Crippen LogP contribution in [0, 0.1) is 5.92 Å². The molecular weight excluding hydrogens is 248 g/mol. The maximum atomic E-state index is 12.4. The lowest BCUT2D eigenvalue weighted by molar-refractivity contribution is -0.132. The average molecular weight is 272 g/mol. The molecule has 0 atom stereocenters. The molecule has 1 amide bonds. The van der Waals surface area contributed by atoms with E-state index in [4.69, 9.17) is 0 Å². The zero-order valence-electron chi connectivity index (χ0n) is 12.1. The standard InChI is InChI=1S/C17H24N2O/c20-17(6-5-14-7-10-18-11-8-14)19-12-9-15-3-1-2-4-16(15)13-19/h1-4,14,18H,5-13H2. The Labute approximate surface area is 121 Å². The van der Waals surface area contributed by atoms with Gasteiger partial charge < -0.3 is 10.2 Å². The van der Waals surface area contributed by atoms with Gasteiger partial charge in [0.05, 0.1) is 0 Å². The fraction of sp³-hybridized carbons (Fsp3) is 0.588. The molecule has 0 spiro atoms. The van der Waals surface area contributed by atoms with E-state index in [0.717, 1.165) is 51.4 Å². The topological polar surface area (TPSA) is 32.3 Å². The average Bonchev–Trinajstić information content (AvgIpc) is 2.53. The third-order valence-corrected chi connectivity index (χ3v) is 4.71. The first-order valence-electron chi connectivity index (χ1n) is 7.88. The van der Waals surface area contributed by atoms with Gasteiger partial charge in [-0.1, -0.05) is 24.3 Å². The largest absolute Gasteiger partial charge is 0.338 e. The van der Waals surface area contributed by atoms with Gasteiger partial charge in [-0.05, 0) is 55.8 Å². The number of piperidine rings is 1. The summed E-state index contributed by atoms with van der Waals surface area (Å²) < 4.78 is 0. The number of nitrogens with one attached hydrogen (secondary N) is 1. The van der Waals surface area contributed by atoms with Crippen molar-refractivity contribution in [3.63, 3.8) is 0 Å². The molecule has 0 aliphatic carbocycles. The van der Waals surface area contributed by atoms with E-state index in [2.05, 4.69) is 29.6 Å². The predicted octanol–water partition coefficient (Wildman–Crippen LogP) is 2.35. The maximum absolute atomic E-state index is 12.4. The SMILES string of the molecule is O=C(CCC1CCNCC1)N1CCc2ccccc2C1. The van der Waals surface area contributed by atoms with E-state index in [-0.39, 0.29) is 0 Å². The van der Waals surface area contributed by atoms with Crippen molar-refractivity contribution in [2.45, 2.75) is 38.6 Å². The van der Waals surface area contributed by atoms with Gasteiger partial charge in [0.1, 0.15) is 0 Å². The van der Waals surface area contributed by atoms with E-state index < -0.39 is 0 Å². The summed E-state index contributed by atoms with van der Waals surface area (Å²) in [7, 11) is 0. The molecule has 3 rings (SSSR count). The molecule has 1 saturated heterocycles. The summed E-state index contributed by atoms with van der Waals surface area (Å²) in [4.78, 5) is 14.4. The zero-order chi connectivity index (χ0) is 13.8. The third kappa shape index (κ3) is 3.21. The number of fused-ring (bicyclic) bond motifs is 1. The molecule has 1 aromatic rings. The van der Waals surface area contributed by atoms with Gasteiger partial charge in [-0.15, -0.1) is 0 Å². The summed E-state index contributed by atoms with van der Waals surface area (Å²) in [5.74, 6) is 1.09. The highest BCUT2D eigenvalue weighted by Gasteiger charge is 2.21. The molecule has 3 heteroatoms. The number of carbonyl (C=O) groups is 1. The number of carbonyl (C=O) groups excluding carboxylic acids is 1. The molecule has 0 aromatic heterocycles. The lowest BCUT2D eigenvalue weighted by Crippen LogP contribution is -2.36. The predicted molar refractivity (Wildman–Crippen MR) is 80.4 cm³/mol. The fourth-order valence-corrected chi connectivity index (χ4v) is 3.36. The molecular formula is C17H24N2O. The first kappa shape index (κ1) is 13.6. The van der Waals surface area contributed by atoms with Gasteiger partial charge in [0.2, 0.25) is 5.91 Å². The second kappa shape index (κ2) is 6.40. The van der Waals surface area contributed by atoms with E-state index in [1.807, 2.05) is 4.90 Å². The number of hydrogen-bond donors (Lipinski definition) is 1. The van der Waals surface area contributed by atoms with Crippen molar-refractivity contribution in [3.05, 3.63) is 35.4 Å². The number of hydrogen-bond acceptors (Lipinski definition) is 2. The van der Waals surface area contributed by atoms with Gasteiger partial charge >= 0.3 is 0 Å². The Morgan fingerprint density at radius 3 is 2.75 bits per heavy atom. The molecule has 0 unspecified atom stereocenters. The molecule has 2 aliphatic heterocycles. The molecule has 0 radical (unpaired) electrons. The van der Waals surface area contributed by atoms with Crippen LogP contribution in [0.5, 0.6) is 0 Å². The van der Waals surface area contributed by atoms with Crippen molar-refractivity contribution >= 4 is 5.91 Å². The molecule has 1 aromatic carbocycles. The number of amides is 1. The van der Waals surface area contributed by atoms with Gasteiger partial charge in [0.15, 0.2) is 0 Å². The van der Waals surface area contributed by atoms with Gasteiger partial charge in [-0.2, -0.15) is 0 Å². The van der Waals surface area contributed by atoms with E-state index in [1.54, 1.807) is 0 Å². The Kier molecular flexibility index (Phi) is 4.36. The Hall–Kier alpha value is -1.35. The van der Waals surface area contributed by atoms with Crippen LogP contribution in [0.2, 0.25) is 0 Å². The van der Waals surface area contributed by atoms with Crippen LogP contribution in [0.15, 0.2) is 24.3 Å². The summed E-state index contributed by atoms with van der Waals surface area (Å²) >= 11 is 0. The number of nitrogens with zero attached hydrogens (tertiary/aromatic N) is 1. The summed E-state index contributed by atoms with van der Waals surface area (Å²) in [6.07, 6.45) is 5.27. The fourth-order valence-electron chi connectivity index (χ4n) is 3.36. The smallest absolute Gasteiger partial charge is 0.222 e. The normalized spacial score (nSPS) is 19.7. The van der Waals surface area contributed by atoms with Crippen LogP contribution in [0.4, 0.5) is 0 Å². The van der Waals surface area contributed by atoms with E-state index in [0.29, 0.717) is 5.91 Å². The van der Waals surface area contributed by atoms with Crippen molar-refractivity contribution < 1.29 is 4.79 Å². The van der Waals surface area contributed by atoms with E-state index >= 15 is 0 Å². The second-order valence-electron chi connectivity index (χ2n) is 6.07. The highest BCUT2D eigenvalue weighted by molar-refractivity contribution is 5.76. The molecule has 2 heterocycles. The molecule has 2 aliphatic rings. The van der Waals surface area contributed by atoms with Crippen molar-refractivity contribution in [2.75, 3.05) is 19.6 Å². The maximum Gasteiger partial charge on any atom is 0.222 e. The zero-order valence-corrected chi connectivity index (χ0v) is 12.1. The lowest BCUT2D eigenvalue weighted by atomic mass is 9.92. The molecule has 0 saturated carbocycles. The molecule has 3 nitrogen and oxygen atoms in total. The van der Waals surface area contributed by atoms with Crippen molar-refractivity contribution in [2.24, 2.45) is 5.92 Å².